The molecule has 0 radical (unpaired) electrons. The summed E-state index contributed by atoms with van der Waals surface area (Å²) in [4.78, 5) is 34.9. The van der Waals surface area contributed by atoms with Gasteiger partial charge >= 0.3 is 15.2 Å². The summed E-state index contributed by atoms with van der Waals surface area (Å²) in [6, 6.07) is 0. The average molecular weight is 501 g/mol. The second-order valence-electron chi connectivity index (χ2n) is 9.25. The number of hydrogen-bond acceptors (Lipinski definition) is 2. The van der Waals surface area contributed by atoms with Gasteiger partial charge in [0, 0.05) is 6.16 Å². The Kier molecular flexibility index (Phi) is 24.8. The van der Waals surface area contributed by atoms with Gasteiger partial charge < -0.3 is 19.6 Å². The van der Waals surface area contributed by atoms with Crippen molar-refractivity contribution in [3.05, 3.63) is 0 Å². The molecule has 1 atom stereocenters. The molecule has 4 N–H and O–H groups in total. The standard InChI is InChI=1S/C16H35O3P.C8H19O3P/c1-2-3-4-5-6-7-8-9-10-11-12-13-14-15-16-20(17,18)19;1-3-5-6-8(4-2)7-12(9,10)11/h2-16H2,1H3,(H2,17,18,19);8H,3-7H2,1-2H3,(H2,9,10,11). The molecule has 1 unspecified atom stereocenters. The summed E-state index contributed by atoms with van der Waals surface area (Å²) in [6.45, 7) is 6.33. The molecule has 32 heavy (non-hydrogen) atoms. The summed E-state index contributed by atoms with van der Waals surface area (Å²) in [5, 5.41) is 0. The highest BCUT2D eigenvalue weighted by molar-refractivity contribution is 7.52. The van der Waals surface area contributed by atoms with Crippen LogP contribution in [0.25, 0.3) is 0 Å². The van der Waals surface area contributed by atoms with Gasteiger partial charge in [-0.1, -0.05) is 124 Å². The van der Waals surface area contributed by atoms with E-state index >= 15 is 0 Å². The van der Waals surface area contributed by atoms with Crippen molar-refractivity contribution < 1.29 is 28.7 Å². The maximum Gasteiger partial charge on any atom is 0.325 e. The van der Waals surface area contributed by atoms with Crippen molar-refractivity contribution in [2.45, 2.75) is 136 Å². The molecule has 0 aromatic rings. The molecule has 0 aliphatic carbocycles. The molecule has 0 bridgehead atoms. The monoisotopic (exact) mass is 500 g/mol. The predicted octanol–water partition coefficient (Wildman–Crippen LogP) is 8.03. The van der Waals surface area contributed by atoms with Gasteiger partial charge in [-0.2, -0.15) is 0 Å². The molecule has 196 valence electrons. The molecular weight excluding hydrogens is 446 g/mol. The smallest absolute Gasteiger partial charge is 0.324 e. The highest BCUT2D eigenvalue weighted by atomic mass is 31.2. The van der Waals surface area contributed by atoms with Crippen LogP contribution >= 0.6 is 15.2 Å². The molecule has 0 aliphatic rings. The van der Waals surface area contributed by atoms with Crippen molar-refractivity contribution in [2.75, 3.05) is 12.3 Å². The molecule has 8 heteroatoms. The van der Waals surface area contributed by atoms with E-state index in [9.17, 15) is 9.13 Å². The van der Waals surface area contributed by atoms with Crippen LogP contribution in [0.5, 0.6) is 0 Å². The Morgan fingerprint density at radius 1 is 0.531 bits per heavy atom. The lowest BCUT2D eigenvalue weighted by molar-refractivity contribution is 0.353. The minimum atomic E-state index is -3.78. The van der Waals surface area contributed by atoms with Gasteiger partial charge in [0.15, 0.2) is 0 Å². The fraction of sp³-hybridized carbons (Fsp3) is 1.00. The van der Waals surface area contributed by atoms with Gasteiger partial charge in [0.25, 0.3) is 0 Å². The van der Waals surface area contributed by atoms with Crippen molar-refractivity contribution >= 4 is 15.2 Å². The van der Waals surface area contributed by atoms with E-state index in [2.05, 4.69) is 13.8 Å². The van der Waals surface area contributed by atoms with E-state index in [4.69, 9.17) is 19.6 Å². The lowest BCUT2D eigenvalue weighted by Crippen LogP contribution is -2.05. The highest BCUT2D eigenvalue weighted by Gasteiger charge is 2.19. The molecule has 6 nitrogen and oxygen atoms in total. The lowest BCUT2D eigenvalue weighted by atomic mass is 10.0. The van der Waals surface area contributed by atoms with Crippen LogP contribution in [0, 0.1) is 5.92 Å². The summed E-state index contributed by atoms with van der Waals surface area (Å²) in [5.41, 5.74) is 0. The van der Waals surface area contributed by atoms with E-state index in [1.165, 1.54) is 70.6 Å². The van der Waals surface area contributed by atoms with Crippen LogP contribution in [0.4, 0.5) is 0 Å². The van der Waals surface area contributed by atoms with Gasteiger partial charge in [0.05, 0.1) is 6.16 Å². The van der Waals surface area contributed by atoms with Crippen molar-refractivity contribution in [1.82, 2.24) is 0 Å². The van der Waals surface area contributed by atoms with Gasteiger partial charge in [-0.15, -0.1) is 0 Å². The summed E-state index contributed by atoms with van der Waals surface area (Å²) in [7, 11) is -7.53. The molecule has 0 aromatic heterocycles. The van der Waals surface area contributed by atoms with Crippen LogP contribution in [0.3, 0.4) is 0 Å². The largest absolute Gasteiger partial charge is 0.325 e. The highest BCUT2D eigenvalue weighted by Crippen LogP contribution is 2.39. The van der Waals surface area contributed by atoms with Crippen LogP contribution in [0.2, 0.25) is 0 Å². The Morgan fingerprint density at radius 3 is 1.22 bits per heavy atom. The zero-order chi connectivity index (χ0) is 24.7. The van der Waals surface area contributed by atoms with E-state index < -0.39 is 15.2 Å². The zero-order valence-corrected chi connectivity index (χ0v) is 23.0. The number of hydrogen-bond donors (Lipinski definition) is 4. The normalized spacial score (nSPS) is 13.0. The lowest BCUT2D eigenvalue weighted by Gasteiger charge is -2.14. The first-order valence-electron chi connectivity index (χ1n) is 13.1. The number of unbranched alkanes of at least 4 members (excludes halogenated alkanes) is 14. The molecule has 0 amide bonds. The van der Waals surface area contributed by atoms with E-state index in [1.54, 1.807) is 0 Å². The maximum absolute atomic E-state index is 10.7. The summed E-state index contributed by atoms with van der Waals surface area (Å²) >= 11 is 0. The molecule has 0 rings (SSSR count). The van der Waals surface area contributed by atoms with Crippen LogP contribution in [-0.2, 0) is 9.13 Å². The molecule has 0 aromatic carbocycles. The second-order valence-corrected chi connectivity index (χ2v) is 12.7. The van der Waals surface area contributed by atoms with Gasteiger partial charge in [-0.25, -0.2) is 0 Å². The minimum absolute atomic E-state index is 0.0590. The molecule has 0 saturated heterocycles. The van der Waals surface area contributed by atoms with Gasteiger partial charge in [-0.05, 0) is 18.8 Å². The first-order chi connectivity index (χ1) is 15.1. The van der Waals surface area contributed by atoms with E-state index in [0.717, 1.165) is 38.5 Å². The molecular formula is C24H54O6P2. The van der Waals surface area contributed by atoms with Gasteiger partial charge in [0.2, 0.25) is 0 Å². The Balaban J connectivity index is 0. The van der Waals surface area contributed by atoms with E-state index in [-0.39, 0.29) is 18.2 Å². The fourth-order valence-electron chi connectivity index (χ4n) is 3.77. The molecule has 0 spiro atoms. The van der Waals surface area contributed by atoms with Crippen molar-refractivity contribution in [2.24, 2.45) is 5.92 Å². The minimum Gasteiger partial charge on any atom is -0.324 e. The molecule has 0 fully saturated rings. The Hall–Kier alpha value is 0.300. The summed E-state index contributed by atoms with van der Waals surface area (Å²) < 4.78 is 21.3. The third-order valence-electron chi connectivity index (χ3n) is 5.84. The van der Waals surface area contributed by atoms with Crippen molar-refractivity contribution in [1.29, 1.82) is 0 Å². The van der Waals surface area contributed by atoms with E-state index in [1.807, 2.05) is 6.92 Å². The fourth-order valence-corrected chi connectivity index (χ4v) is 5.51. The zero-order valence-electron chi connectivity index (χ0n) is 21.2. The first kappa shape index (κ1) is 34.5. The third-order valence-corrected chi connectivity index (χ3v) is 7.73. The number of rotatable bonds is 21. The molecule has 0 heterocycles. The quantitative estimate of drug-likeness (QED) is 0.0936. The van der Waals surface area contributed by atoms with Crippen LogP contribution < -0.4 is 0 Å². The van der Waals surface area contributed by atoms with Crippen LogP contribution in [-0.4, -0.2) is 31.9 Å². The maximum atomic E-state index is 10.7. The predicted molar refractivity (Wildman–Crippen MR) is 137 cm³/mol. The van der Waals surface area contributed by atoms with Crippen LogP contribution in [0.15, 0.2) is 0 Å². The van der Waals surface area contributed by atoms with Crippen molar-refractivity contribution in [3.63, 3.8) is 0 Å². The average Bonchev–Trinajstić information content (AvgIpc) is 2.70. The SMILES string of the molecule is CCCCC(CC)CP(=O)(O)O.CCCCCCCCCCCCCCCCP(=O)(O)O. The van der Waals surface area contributed by atoms with Crippen molar-refractivity contribution in [3.8, 4) is 0 Å². The third kappa shape index (κ3) is 32.5. The summed E-state index contributed by atoms with van der Waals surface area (Å²) in [6.07, 6.45) is 21.7. The first-order valence-corrected chi connectivity index (χ1v) is 16.7. The second kappa shape index (κ2) is 23.1. The molecule has 0 aliphatic heterocycles. The van der Waals surface area contributed by atoms with Gasteiger partial charge in [-0.3, -0.25) is 9.13 Å². The summed E-state index contributed by atoms with van der Waals surface area (Å²) in [5.74, 6) is 0.200. The van der Waals surface area contributed by atoms with Crippen LogP contribution in [0.1, 0.15) is 136 Å². The Labute approximate surface area is 198 Å². The topological polar surface area (TPSA) is 115 Å². The van der Waals surface area contributed by atoms with E-state index in [0.29, 0.717) is 6.42 Å². The molecule has 0 saturated carbocycles. The van der Waals surface area contributed by atoms with Gasteiger partial charge in [0.1, 0.15) is 0 Å². The Bertz CT molecular complexity index is 475. The Morgan fingerprint density at radius 2 is 0.906 bits per heavy atom.